The Hall–Kier alpha value is -5.64. The Morgan fingerprint density at radius 1 is 0.525 bits per heavy atom. The summed E-state index contributed by atoms with van der Waals surface area (Å²) in [5.74, 6) is -5.83. The lowest BCUT2D eigenvalue weighted by Crippen LogP contribution is -2.44. The first-order valence-corrected chi connectivity index (χ1v) is 12.1. The minimum absolute atomic E-state index is 0.0194. The number of carbonyl (C=O) groups is 6. The van der Waals surface area contributed by atoms with Crippen LogP contribution in [0.25, 0.3) is 10.8 Å². The SMILES string of the molecule is Cc1cccc(C(=O)O)c1N1C(=O)c2ccc3c4c(ccc(c24)C1=O)C(=O)N(c1c(C)cccc1C(=O)O)C3=O. The summed E-state index contributed by atoms with van der Waals surface area (Å²) in [4.78, 5) is 80.5. The van der Waals surface area contributed by atoms with Crippen LogP contribution in [-0.2, 0) is 0 Å². The van der Waals surface area contributed by atoms with Crippen LogP contribution in [0.1, 0.15) is 73.3 Å². The summed E-state index contributed by atoms with van der Waals surface area (Å²) in [5, 5.41) is 19.7. The number of aromatic carboxylic acids is 2. The maximum Gasteiger partial charge on any atom is 0.337 e. The van der Waals surface area contributed by atoms with E-state index < -0.39 is 35.6 Å². The quantitative estimate of drug-likeness (QED) is 0.365. The van der Waals surface area contributed by atoms with E-state index in [-0.39, 0.29) is 55.5 Å². The van der Waals surface area contributed by atoms with Gasteiger partial charge in [0.05, 0.1) is 22.5 Å². The molecule has 2 heterocycles. The highest BCUT2D eigenvalue weighted by Crippen LogP contribution is 2.42. The van der Waals surface area contributed by atoms with Gasteiger partial charge in [0.2, 0.25) is 0 Å². The highest BCUT2D eigenvalue weighted by molar-refractivity contribution is 6.43. The number of amides is 4. The van der Waals surface area contributed by atoms with E-state index in [0.29, 0.717) is 11.1 Å². The van der Waals surface area contributed by atoms with Crippen molar-refractivity contribution in [2.45, 2.75) is 13.8 Å². The van der Waals surface area contributed by atoms with Crippen LogP contribution in [0.3, 0.4) is 0 Å². The monoisotopic (exact) mass is 534 g/mol. The zero-order chi connectivity index (χ0) is 28.6. The lowest BCUT2D eigenvalue weighted by molar-refractivity contribution is 0.0685. The van der Waals surface area contributed by atoms with Crippen molar-refractivity contribution in [1.29, 1.82) is 0 Å². The van der Waals surface area contributed by atoms with Crippen molar-refractivity contribution < 1.29 is 39.0 Å². The van der Waals surface area contributed by atoms with Gasteiger partial charge in [0.15, 0.2) is 0 Å². The molecule has 0 fully saturated rings. The van der Waals surface area contributed by atoms with Gasteiger partial charge in [-0.15, -0.1) is 0 Å². The third kappa shape index (κ3) is 3.16. The van der Waals surface area contributed by atoms with Gasteiger partial charge < -0.3 is 10.2 Å². The van der Waals surface area contributed by atoms with E-state index in [1.165, 1.54) is 48.5 Å². The van der Waals surface area contributed by atoms with Gasteiger partial charge in [-0.2, -0.15) is 0 Å². The summed E-state index contributed by atoms with van der Waals surface area (Å²) in [7, 11) is 0. The zero-order valence-corrected chi connectivity index (χ0v) is 21.0. The van der Waals surface area contributed by atoms with Crippen molar-refractivity contribution in [2.75, 3.05) is 9.80 Å². The number of imide groups is 2. The number of anilines is 2. The second-order valence-corrected chi connectivity index (χ2v) is 9.52. The molecule has 2 N–H and O–H groups in total. The summed E-state index contributed by atoms with van der Waals surface area (Å²) in [6.07, 6.45) is 0. The molecule has 0 saturated carbocycles. The van der Waals surface area contributed by atoms with Gasteiger partial charge in [0.1, 0.15) is 0 Å². The molecule has 196 valence electrons. The van der Waals surface area contributed by atoms with Crippen LogP contribution in [-0.4, -0.2) is 45.8 Å². The molecule has 4 amide bonds. The molecule has 0 unspecified atom stereocenters. The number of hydrogen-bond acceptors (Lipinski definition) is 6. The molecule has 0 aliphatic carbocycles. The summed E-state index contributed by atoms with van der Waals surface area (Å²) in [6.45, 7) is 3.17. The average molecular weight is 534 g/mol. The molecule has 0 atom stereocenters. The van der Waals surface area contributed by atoms with Crippen LogP contribution in [0.5, 0.6) is 0 Å². The first kappa shape index (κ1) is 24.7. The highest BCUT2D eigenvalue weighted by Gasteiger charge is 2.42. The van der Waals surface area contributed by atoms with Crippen molar-refractivity contribution in [2.24, 2.45) is 0 Å². The molecule has 0 radical (unpaired) electrons. The van der Waals surface area contributed by atoms with Gasteiger partial charge in [-0.3, -0.25) is 19.2 Å². The first-order valence-electron chi connectivity index (χ1n) is 12.1. The van der Waals surface area contributed by atoms with Gasteiger partial charge in [0, 0.05) is 33.0 Å². The highest BCUT2D eigenvalue weighted by atomic mass is 16.4. The Balaban J connectivity index is 1.58. The molecule has 2 aliphatic heterocycles. The molecule has 10 nitrogen and oxygen atoms in total. The number of hydrogen-bond donors (Lipinski definition) is 2. The minimum atomic E-state index is -1.32. The van der Waals surface area contributed by atoms with Crippen LogP contribution in [0.4, 0.5) is 11.4 Å². The largest absolute Gasteiger partial charge is 0.478 e. The molecule has 40 heavy (non-hydrogen) atoms. The Labute approximate surface area is 225 Å². The molecule has 4 aromatic carbocycles. The molecule has 2 aliphatic rings. The number of carboxylic acid groups (broad SMARTS) is 2. The number of nitrogens with zero attached hydrogens (tertiary/aromatic N) is 2. The summed E-state index contributed by atoms with van der Waals surface area (Å²) >= 11 is 0. The van der Waals surface area contributed by atoms with E-state index in [9.17, 15) is 39.0 Å². The topological polar surface area (TPSA) is 149 Å². The van der Waals surface area contributed by atoms with Crippen molar-refractivity contribution in [3.63, 3.8) is 0 Å². The van der Waals surface area contributed by atoms with Crippen molar-refractivity contribution in [1.82, 2.24) is 0 Å². The van der Waals surface area contributed by atoms with E-state index >= 15 is 0 Å². The van der Waals surface area contributed by atoms with Crippen LogP contribution in [0, 0.1) is 13.8 Å². The van der Waals surface area contributed by atoms with E-state index in [4.69, 9.17) is 0 Å². The number of carboxylic acids is 2. The predicted octanol–water partition coefficient (Wildman–Crippen LogP) is 4.45. The number of aryl methyl sites for hydroxylation is 2. The van der Waals surface area contributed by atoms with Crippen LogP contribution >= 0.6 is 0 Å². The van der Waals surface area contributed by atoms with Gasteiger partial charge in [-0.25, -0.2) is 19.4 Å². The number of benzene rings is 4. The first-order chi connectivity index (χ1) is 19.0. The van der Waals surface area contributed by atoms with Gasteiger partial charge in [-0.05, 0) is 61.4 Å². The molecule has 0 bridgehead atoms. The van der Waals surface area contributed by atoms with Crippen LogP contribution in [0.15, 0.2) is 60.7 Å². The maximum absolute atomic E-state index is 13.7. The predicted molar refractivity (Wildman–Crippen MR) is 143 cm³/mol. The van der Waals surface area contributed by atoms with Crippen molar-refractivity contribution >= 4 is 57.7 Å². The van der Waals surface area contributed by atoms with Crippen LogP contribution < -0.4 is 9.80 Å². The summed E-state index contributed by atoms with van der Waals surface area (Å²) in [5.41, 5.74) is 0.266. The molecule has 10 heteroatoms. The normalized spacial score (nSPS) is 14.2. The molecular weight excluding hydrogens is 516 g/mol. The maximum atomic E-state index is 13.7. The van der Waals surface area contributed by atoms with Gasteiger partial charge >= 0.3 is 11.9 Å². The van der Waals surface area contributed by atoms with Gasteiger partial charge in [-0.1, -0.05) is 24.3 Å². The molecule has 0 spiro atoms. The zero-order valence-electron chi connectivity index (χ0n) is 21.0. The fourth-order valence-corrected chi connectivity index (χ4v) is 5.54. The molecule has 0 aromatic heterocycles. The average Bonchev–Trinajstić information content (AvgIpc) is 2.91. The molecule has 0 saturated heterocycles. The second-order valence-electron chi connectivity index (χ2n) is 9.52. The molecule has 4 aromatic rings. The van der Waals surface area contributed by atoms with E-state index in [2.05, 4.69) is 0 Å². The third-order valence-electron chi connectivity index (χ3n) is 7.28. The molecular formula is C30H18N2O8. The Bertz CT molecular complexity index is 1710. The van der Waals surface area contributed by atoms with Crippen molar-refractivity contribution in [3.8, 4) is 0 Å². The van der Waals surface area contributed by atoms with Gasteiger partial charge in [0.25, 0.3) is 23.6 Å². The molecule has 6 rings (SSSR count). The number of carbonyl (C=O) groups excluding carboxylic acids is 4. The Morgan fingerprint density at radius 3 is 1.10 bits per heavy atom. The smallest absolute Gasteiger partial charge is 0.337 e. The van der Waals surface area contributed by atoms with Crippen molar-refractivity contribution in [3.05, 3.63) is 105 Å². The van der Waals surface area contributed by atoms with Crippen LogP contribution in [0.2, 0.25) is 0 Å². The Kier molecular flexibility index (Phi) is 5.20. The van der Waals surface area contributed by atoms with E-state index in [1.54, 1.807) is 26.0 Å². The summed E-state index contributed by atoms with van der Waals surface area (Å²) < 4.78 is 0. The standard InChI is InChI=1S/C30H18N2O8/c1-13-5-3-7-19(29(37)38)23(13)31-25(33)15-9-11-17-22-18(12-10-16(21(15)22)26(31)34)28(36)32(27(17)35)24-14(2)6-4-8-20(24)30(39)40/h3-12H,1-2H3,(H,37,38)(H,39,40). The fraction of sp³-hybridized carbons (Fsp3) is 0.0667. The Morgan fingerprint density at radius 2 is 0.825 bits per heavy atom. The lowest BCUT2D eigenvalue weighted by atomic mass is 9.85. The fourth-order valence-electron chi connectivity index (χ4n) is 5.54. The number of rotatable bonds is 4. The lowest BCUT2D eigenvalue weighted by Gasteiger charge is -2.33. The third-order valence-corrected chi connectivity index (χ3v) is 7.28. The van der Waals surface area contributed by atoms with E-state index in [1.807, 2.05) is 0 Å². The second kappa shape index (κ2) is 8.43. The number of para-hydroxylation sites is 2. The minimum Gasteiger partial charge on any atom is -0.478 e. The summed E-state index contributed by atoms with van der Waals surface area (Å²) in [6, 6.07) is 14.2. The van der Waals surface area contributed by atoms with E-state index in [0.717, 1.165) is 9.80 Å².